The third-order valence-corrected chi connectivity index (χ3v) is 10.1. The van der Waals surface area contributed by atoms with Gasteiger partial charge in [-0.25, -0.2) is 0 Å². The number of unbranched alkanes of at least 4 members (excludes halogenated alkanes) is 12. The maximum absolute atomic E-state index is 12.4. The molecular formula is C34H60O16. The SMILES string of the molecule is CCCCCCCCCCCCCCCC(=O)OC[C@H]1O[C@@](CO)(O[C@H]2O[C@H](CO[C@H]3O[C@@H]4CO[C@@H]([C@H]4O)[C@H]3O)[C@@H](O)[C@H](O)[C@H]2O)[C@@H](O)[C@@H]1O. The summed E-state index contributed by atoms with van der Waals surface area (Å²) in [5, 5.41) is 83.8. The van der Waals surface area contributed by atoms with Crippen LogP contribution in [0.2, 0.25) is 0 Å². The fourth-order valence-corrected chi connectivity index (χ4v) is 6.91. The summed E-state index contributed by atoms with van der Waals surface area (Å²) in [6.45, 7) is 0.299. The number of fused-ring (bicyclic) bond motifs is 2. The number of rotatable bonds is 22. The lowest BCUT2D eigenvalue weighted by Crippen LogP contribution is -2.63. The number of carbonyl (C=O) groups is 1. The second kappa shape index (κ2) is 20.4. The van der Waals surface area contributed by atoms with Gasteiger partial charge in [0, 0.05) is 6.42 Å². The minimum atomic E-state index is -2.36. The smallest absolute Gasteiger partial charge is 0.305 e. The number of aliphatic hydroxyl groups is 8. The van der Waals surface area contributed by atoms with Crippen molar-refractivity contribution in [3.63, 3.8) is 0 Å². The topological polar surface area (TPSA) is 244 Å². The Morgan fingerprint density at radius 3 is 1.92 bits per heavy atom. The minimum Gasteiger partial charge on any atom is -0.463 e. The highest BCUT2D eigenvalue weighted by Crippen LogP contribution is 2.37. The van der Waals surface area contributed by atoms with E-state index in [4.69, 9.17) is 33.2 Å². The molecular weight excluding hydrogens is 664 g/mol. The summed E-state index contributed by atoms with van der Waals surface area (Å²) in [5.41, 5.74) is 0. The highest BCUT2D eigenvalue weighted by atomic mass is 16.8. The normalized spacial score (nSPS) is 40.0. The van der Waals surface area contributed by atoms with Crippen LogP contribution in [0.25, 0.3) is 0 Å². The molecule has 14 atom stereocenters. The molecule has 4 heterocycles. The highest BCUT2D eigenvalue weighted by molar-refractivity contribution is 5.69. The Hall–Kier alpha value is -1.09. The van der Waals surface area contributed by atoms with Crippen LogP contribution in [-0.4, -0.2) is 159 Å². The zero-order valence-corrected chi connectivity index (χ0v) is 29.1. The van der Waals surface area contributed by atoms with Crippen molar-refractivity contribution in [3.8, 4) is 0 Å². The summed E-state index contributed by atoms with van der Waals surface area (Å²) in [7, 11) is 0. The quantitative estimate of drug-likeness (QED) is 0.0519. The van der Waals surface area contributed by atoms with E-state index in [1.807, 2.05) is 0 Å². The van der Waals surface area contributed by atoms with Crippen molar-refractivity contribution in [1.29, 1.82) is 0 Å². The molecule has 2 bridgehead atoms. The Balaban J connectivity index is 1.17. The number of esters is 1. The van der Waals surface area contributed by atoms with Crippen LogP contribution in [0.3, 0.4) is 0 Å². The van der Waals surface area contributed by atoms with Crippen molar-refractivity contribution in [2.45, 2.75) is 182 Å². The monoisotopic (exact) mass is 724 g/mol. The lowest BCUT2D eigenvalue weighted by Gasteiger charge is -2.44. The average Bonchev–Trinajstić information content (AvgIpc) is 3.52. The van der Waals surface area contributed by atoms with Crippen molar-refractivity contribution >= 4 is 5.97 Å². The summed E-state index contributed by atoms with van der Waals surface area (Å²) in [6, 6.07) is 0. The molecule has 4 fully saturated rings. The fourth-order valence-electron chi connectivity index (χ4n) is 6.91. The predicted molar refractivity (Wildman–Crippen MR) is 172 cm³/mol. The Kier molecular flexibility index (Phi) is 17.0. The molecule has 16 nitrogen and oxygen atoms in total. The largest absolute Gasteiger partial charge is 0.463 e. The minimum absolute atomic E-state index is 0.0449. The molecule has 0 aromatic carbocycles. The predicted octanol–water partition coefficient (Wildman–Crippen LogP) is -0.494. The lowest BCUT2D eigenvalue weighted by atomic mass is 9.98. The van der Waals surface area contributed by atoms with Crippen molar-refractivity contribution < 1.29 is 78.8 Å². The molecule has 0 aromatic heterocycles. The zero-order valence-electron chi connectivity index (χ0n) is 29.1. The number of hydrogen-bond donors (Lipinski definition) is 8. The summed E-state index contributed by atoms with van der Waals surface area (Å²) in [6.07, 6.45) is -3.43. The van der Waals surface area contributed by atoms with Gasteiger partial charge in [0.1, 0.15) is 80.4 Å². The van der Waals surface area contributed by atoms with Crippen molar-refractivity contribution in [2.75, 3.05) is 26.4 Å². The molecule has 4 aliphatic heterocycles. The standard InChI is InChI=1S/C34H60O16/c1-2-3-4-5-6-7-8-9-10-11-12-13-14-15-23(36)44-18-22-26(39)31(43)34(19-35,49-22)50-33-28(41)27(40)24(37)20(48-33)17-46-32-29(42)30-25(38)21(47-32)16-45-30/h20-22,24-33,35,37-43H,2-19H2,1H3/t20-,21-,22-,24-,25+,26-,27+,28-,29-,30+,31+,32+,33-,34+/m1/s1. The van der Waals surface area contributed by atoms with E-state index in [0.29, 0.717) is 6.42 Å². The van der Waals surface area contributed by atoms with Crippen LogP contribution in [0.1, 0.15) is 96.8 Å². The molecule has 0 amide bonds. The second-order valence-corrected chi connectivity index (χ2v) is 14.0. The van der Waals surface area contributed by atoms with Gasteiger partial charge in [-0.05, 0) is 6.42 Å². The van der Waals surface area contributed by atoms with E-state index in [9.17, 15) is 45.6 Å². The van der Waals surface area contributed by atoms with E-state index in [1.54, 1.807) is 0 Å². The van der Waals surface area contributed by atoms with E-state index in [1.165, 1.54) is 57.8 Å². The molecule has 8 N–H and O–H groups in total. The first kappa shape index (κ1) is 41.7. The van der Waals surface area contributed by atoms with E-state index < -0.39 is 111 Å². The number of ether oxygens (including phenoxy) is 7. The summed E-state index contributed by atoms with van der Waals surface area (Å²) >= 11 is 0. The van der Waals surface area contributed by atoms with Gasteiger partial charge in [0.05, 0.1) is 13.2 Å². The molecule has 4 saturated heterocycles. The highest BCUT2D eigenvalue weighted by Gasteiger charge is 2.59. The fraction of sp³-hybridized carbons (Fsp3) is 0.971. The Morgan fingerprint density at radius 1 is 0.680 bits per heavy atom. The van der Waals surface area contributed by atoms with Gasteiger partial charge in [0.15, 0.2) is 12.6 Å². The van der Waals surface area contributed by atoms with E-state index >= 15 is 0 Å². The third-order valence-electron chi connectivity index (χ3n) is 10.1. The van der Waals surface area contributed by atoms with Gasteiger partial charge in [0.2, 0.25) is 5.79 Å². The average molecular weight is 725 g/mol. The van der Waals surface area contributed by atoms with Crippen LogP contribution in [0.15, 0.2) is 0 Å². The van der Waals surface area contributed by atoms with Crippen LogP contribution in [-0.2, 0) is 38.0 Å². The van der Waals surface area contributed by atoms with Crippen LogP contribution in [0, 0.1) is 0 Å². The molecule has 0 spiro atoms. The van der Waals surface area contributed by atoms with Gasteiger partial charge < -0.3 is 74.0 Å². The first-order chi connectivity index (χ1) is 24.0. The maximum Gasteiger partial charge on any atom is 0.305 e. The van der Waals surface area contributed by atoms with Crippen molar-refractivity contribution in [3.05, 3.63) is 0 Å². The van der Waals surface area contributed by atoms with Gasteiger partial charge >= 0.3 is 5.97 Å². The van der Waals surface area contributed by atoms with Gasteiger partial charge in [-0.2, -0.15) is 0 Å². The summed E-state index contributed by atoms with van der Waals surface area (Å²) in [4.78, 5) is 12.4. The van der Waals surface area contributed by atoms with Gasteiger partial charge in [0.25, 0.3) is 0 Å². The van der Waals surface area contributed by atoms with Gasteiger partial charge in [-0.3, -0.25) is 4.79 Å². The first-order valence-corrected chi connectivity index (χ1v) is 18.5. The molecule has 0 unspecified atom stereocenters. The summed E-state index contributed by atoms with van der Waals surface area (Å²) < 4.78 is 38.6. The van der Waals surface area contributed by atoms with Crippen LogP contribution < -0.4 is 0 Å². The Morgan fingerprint density at radius 2 is 1.30 bits per heavy atom. The van der Waals surface area contributed by atoms with E-state index in [-0.39, 0.29) is 13.0 Å². The van der Waals surface area contributed by atoms with Crippen LogP contribution in [0.4, 0.5) is 0 Å². The Bertz CT molecular complexity index is 991. The number of hydrogen-bond acceptors (Lipinski definition) is 16. The van der Waals surface area contributed by atoms with Crippen molar-refractivity contribution in [2.24, 2.45) is 0 Å². The lowest BCUT2D eigenvalue weighted by molar-refractivity contribution is -0.387. The van der Waals surface area contributed by atoms with E-state index in [2.05, 4.69) is 6.92 Å². The van der Waals surface area contributed by atoms with Gasteiger partial charge in [-0.15, -0.1) is 0 Å². The Labute approximate surface area is 293 Å². The number of carbonyl (C=O) groups excluding carboxylic acids is 1. The van der Waals surface area contributed by atoms with Crippen LogP contribution in [0.5, 0.6) is 0 Å². The second-order valence-electron chi connectivity index (χ2n) is 14.0. The molecule has 4 rings (SSSR count). The molecule has 16 heteroatoms. The van der Waals surface area contributed by atoms with E-state index in [0.717, 1.165) is 19.3 Å². The van der Waals surface area contributed by atoms with Crippen LogP contribution >= 0.6 is 0 Å². The molecule has 0 radical (unpaired) electrons. The molecule has 292 valence electrons. The first-order valence-electron chi connectivity index (χ1n) is 18.5. The van der Waals surface area contributed by atoms with Crippen molar-refractivity contribution in [1.82, 2.24) is 0 Å². The molecule has 0 aromatic rings. The number of aliphatic hydroxyl groups excluding tert-OH is 8. The molecule has 50 heavy (non-hydrogen) atoms. The molecule has 0 aliphatic carbocycles. The molecule has 4 aliphatic rings. The maximum atomic E-state index is 12.4. The summed E-state index contributed by atoms with van der Waals surface area (Å²) in [5.74, 6) is -2.87. The third kappa shape index (κ3) is 10.7. The van der Waals surface area contributed by atoms with Gasteiger partial charge in [-0.1, -0.05) is 84.0 Å². The molecule has 0 saturated carbocycles. The zero-order chi connectivity index (χ0) is 36.3.